The lowest BCUT2D eigenvalue weighted by molar-refractivity contribution is 1.07. The van der Waals surface area contributed by atoms with Gasteiger partial charge in [-0.05, 0) is 42.5 Å². The number of aromatic nitrogens is 5. The summed E-state index contributed by atoms with van der Waals surface area (Å²) in [5, 5.41) is 2.24. The van der Waals surface area contributed by atoms with Gasteiger partial charge in [0.15, 0.2) is 17.5 Å². The van der Waals surface area contributed by atoms with Crippen LogP contribution < -0.4 is 4.90 Å². The van der Waals surface area contributed by atoms with E-state index in [-0.39, 0.29) is 0 Å². The van der Waals surface area contributed by atoms with E-state index >= 15 is 0 Å². The molecule has 0 radical (unpaired) electrons. The number of benzene rings is 5. The Kier molecular flexibility index (Phi) is 5.40. The molecule has 0 spiro atoms. The first kappa shape index (κ1) is 24.5. The van der Waals surface area contributed by atoms with Crippen LogP contribution in [0.25, 0.3) is 67.2 Å². The fourth-order valence-electron chi connectivity index (χ4n) is 6.16. The minimum Gasteiger partial charge on any atom is -0.353 e. The third-order valence-corrected chi connectivity index (χ3v) is 8.19. The predicted molar refractivity (Wildman–Crippen MR) is 177 cm³/mol. The Hall–Kier alpha value is -6.14. The summed E-state index contributed by atoms with van der Waals surface area (Å²) in [5.41, 5.74) is 8.64. The number of H-pyrrole nitrogens is 1. The average Bonchev–Trinajstić information content (AvgIpc) is 3.48. The Morgan fingerprint density at radius 2 is 1.02 bits per heavy atom. The molecular weight excluding hydrogens is 540 g/mol. The first-order valence-electron chi connectivity index (χ1n) is 14.6. The Morgan fingerprint density at radius 3 is 1.82 bits per heavy atom. The number of para-hydroxylation sites is 3. The molecule has 8 aromatic rings. The second-order valence-corrected chi connectivity index (χ2v) is 10.9. The largest absolute Gasteiger partial charge is 0.353 e. The molecule has 44 heavy (non-hydrogen) atoms. The van der Waals surface area contributed by atoms with Crippen molar-refractivity contribution in [3.05, 3.63) is 140 Å². The molecule has 0 saturated carbocycles. The maximum absolute atomic E-state index is 5.25. The predicted octanol–water partition coefficient (Wildman–Crippen LogP) is 9.35. The minimum absolute atomic E-state index is 0.606. The minimum atomic E-state index is 0.606. The summed E-state index contributed by atoms with van der Waals surface area (Å²) in [7, 11) is 0. The van der Waals surface area contributed by atoms with Crippen LogP contribution in [-0.2, 0) is 0 Å². The topological polar surface area (TPSA) is 70.6 Å². The van der Waals surface area contributed by atoms with Crippen molar-refractivity contribution in [1.82, 2.24) is 24.9 Å². The van der Waals surface area contributed by atoms with E-state index in [4.69, 9.17) is 19.9 Å². The van der Waals surface area contributed by atoms with E-state index in [2.05, 4.69) is 94.8 Å². The number of hydrogen-bond acceptors (Lipinski definition) is 5. The molecule has 0 amide bonds. The molecule has 9 rings (SSSR count). The fraction of sp³-hybridized carbons (Fsp3) is 0. The molecule has 6 heteroatoms. The van der Waals surface area contributed by atoms with Crippen molar-refractivity contribution in [2.24, 2.45) is 0 Å². The normalized spacial score (nSPS) is 12.0. The van der Waals surface area contributed by atoms with Crippen LogP contribution in [0.4, 0.5) is 17.2 Å². The van der Waals surface area contributed by atoms with Gasteiger partial charge >= 0.3 is 0 Å². The fourth-order valence-corrected chi connectivity index (χ4v) is 6.16. The molecule has 206 valence electrons. The molecule has 0 fully saturated rings. The molecule has 1 aliphatic rings. The zero-order valence-electron chi connectivity index (χ0n) is 23.5. The molecule has 3 aromatic heterocycles. The summed E-state index contributed by atoms with van der Waals surface area (Å²) >= 11 is 0. The highest BCUT2D eigenvalue weighted by Crippen LogP contribution is 2.40. The van der Waals surface area contributed by atoms with E-state index in [9.17, 15) is 0 Å². The highest BCUT2D eigenvalue weighted by molar-refractivity contribution is 6.14. The zero-order chi connectivity index (χ0) is 29.0. The number of aromatic amines is 1. The van der Waals surface area contributed by atoms with E-state index in [1.54, 1.807) is 0 Å². The van der Waals surface area contributed by atoms with Gasteiger partial charge in [0.25, 0.3) is 0 Å². The number of nitrogens with one attached hydrogen (secondary N) is 1. The quantitative estimate of drug-likeness (QED) is 0.226. The first-order chi connectivity index (χ1) is 21.8. The number of hydrogen-bond donors (Lipinski definition) is 1. The lowest BCUT2D eigenvalue weighted by Gasteiger charge is -2.25. The van der Waals surface area contributed by atoms with Gasteiger partial charge in [-0.15, -0.1) is 0 Å². The summed E-state index contributed by atoms with van der Waals surface area (Å²) in [4.78, 5) is 26.3. The second-order valence-electron chi connectivity index (χ2n) is 10.9. The second kappa shape index (κ2) is 9.71. The van der Waals surface area contributed by atoms with Gasteiger partial charge in [-0.1, -0.05) is 97.1 Å². The van der Waals surface area contributed by atoms with Gasteiger partial charge in [0, 0.05) is 44.4 Å². The van der Waals surface area contributed by atoms with Crippen molar-refractivity contribution >= 4 is 39.0 Å². The number of fused-ring (bicyclic) bond motifs is 10. The zero-order valence-corrected chi connectivity index (χ0v) is 23.5. The van der Waals surface area contributed by atoms with Crippen molar-refractivity contribution in [1.29, 1.82) is 0 Å². The van der Waals surface area contributed by atoms with Crippen LogP contribution in [0, 0.1) is 0 Å². The molecule has 0 atom stereocenters. The van der Waals surface area contributed by atoms with Crippen LogP contribution in [0.15, 0.2) is 140 Å². The Bertz CT molecular complexity index is 2340. The summed E-state index contributed by atoms with van der Waals surface area (Å²) in [6, 6.07) is 47.6. The van der Waals surface area contributed by atoms with Gasteiger partial charge in [-0.3, -0.25) is 4.90 Å². The van der Waals surface area contributed by atoms with Crippen molar-refractivity contribution in [2.75, 3.05) is 4.90 Å². The van der Waals surface area contributed by atoms with Crippen LogP contribution in [-0.4, -0.2) is 24.9 Å². The molecule has 0 unspecified atom stereocenters. The highest BCUT2D eigenvalue weighted by atomic mass is 15.2. The SMILES string of the molecule is c1ccc(-c2nc3nc(n2)-c2cccc4c2[nH]c2c(cccc24)-c2cccc(n2)N(c2ccccc2)c2cccc-3c2)cc1. The van der Waals surface area contributed by atoms with Gasteiger partial charge in [-0.2, -0.15) is 0 Å². The van der Waals surface area contributed by atoms with E-state index < -0.39 is 0 Å². The molecular formula is C38H24N6. The van der Waals surface area contributed by atoms with Crippen LogP contribution in [0.2, 0.25) is 0 Å². The van der Waals surface area contributed by atoms with Crippen molar-refractivity contribution in [3.63, 3.8) is 0 Å². The molecule has 8 bridgehead atoms. The third-order valence-electron chi connectivity index (χ3n) is 8.19. The molecule has 4 heterocycles. The van der Waals surface area contributed by atoms with Gasteiger partial charge in [-0.25, -0.2) is 19.9 Å². The van der Waals surface area contributed by atoms with Crippen LogP contribution in [0.3, 0.4) is 0 Å². The van der Waals surface area contributed by atoms with Crippen molar-refractivity contribution in [2.45, 2.75) is 0 Å². The summed E-state index contributed by atoms with van der Waals surface area (Å²) in [6.45, 7) is 0. The standard InChI is InChI=1S/C38H24N6/c1-3-11-24(12-4-1)36-41-37-25-13-7-16-27(23-25)44(26-14-5-2-6-15-26)33-22-10-21-32(39-33)30-19-8-17-28-29-18-9-20-31(38(42-36)43-37)35(29)40-34(28)30/h1-23,40H. The third kappa shape index (κ3) is 3.89. The van der Waals surface area contributed by atoms with E-state index in [0.717, 1.165) is 66.9 Å². The van der Waals surface area contributed by atoms with E-state index in [0.29, 0.717) is 17.5 Å². The van der Waals surface area contributed by atoms with Crippen molar-refractivity contribution in [3.8, 4) is 45.4 Å². The van der Waals surface area contributed by atoms with Gasteiger partial charge < -0.3 is 4.98 Å². The lowest BCUT2D eigenvalue weighted by atomic mass is 10.0. The van der Waals surface area contributed by atoms with Gasteiger partial charge in [0.1, 0.15) is 5.82 Å². The lowest BCUT2D eigenvalue weighted by Crippen LogP contribution is -2.12. The van der Waals surface area contributed by atoms with E-state index in [1.807, 2.05) is 54.6 Å². The molecule has 5 aromatic carbocycles. The smallest absolute Gasteiger partial charge is 0.166 e. The Balaban J connectivity index is 1.42. The average molecular weight is 565 g/mol. The van der Waals surface area contributed by atoms with Gasteiger partial charge in [0.05, 0.1) is 16.7 Å². The Labute approximate surface area is 253 Å². The summed E-state index contributed by atoms with van der Waals surface area (Å²) < 4.78 is 0. The van der Waals surface area contributed by atoms with E-state index in [1.165, 1.54) is 0 Å². The van der Waals surface area contributed by atoms with Crippen LogP contribution >= 0.6 is 0 Å². The molecule has 0 saturated heterocycles. The van der Waals surface area contributed by atoms with Crippen molar-refractivity contribution < 1.29 is 0 Å². The maximum atomic E-state index is 5.25. The van der Waals surface area contributed by atoms with Crippen LogP contribution in [0.1, 0.15) is 0 Å². The number of nitrogens with zero attached hydrogens (tertiary/aromatic N) is 5. The summed E-state index contributed by atoms with van der Waals surface area (Å²) in [5.74, 6) is 2.67. The maximum Gasteiger partial charge on any atom is 0.166 e. The molecule has 1 N–H and O–H groups in total. The molecule has 1 aliphatic heterocycles. The molecule has 6 nitrogen and oxygen atoms in total. The highest BCUT2D eigenvalue weighted by Gasteiger charge is 2.21. The Morgan fingerprint density at radius 1 is 0.432 bits per heavy atom. The number of anilines is 3. The number of pyridine rings is 1. The number of rotatable bonds is 2. The van der Waals surface area contributed by atoms with Gasteiger partial charge in [0.2, 0.25) is 0 Å². The summed E-state index contributed by atoms with van der Waals surface area (Å²) in [6.07, 6.45) is 0. The van der Waals surface area contributed by atoms with Crippen LogP contribution in [0.5, 0.6) is 0 Å². The first-order valence-corrected chi connectivity index (χ1v) is 14.6. The molecule has 0 aliphatic carbocycles. The monoisotopic (exact) mass is 564 g/mol.